The van der Waals surface area contributed by atoms with Crippen molar-refractivity contribution in [2.45, 2.75) is 46.1 Å². The molecular formula is C19H24N2O2. The molecule has 0 radical (unpaired) electrons. The molecule has 122 valence electrons. The lowest BCUT2D eigenvalue weighted by atomic mass is 9.87. The molecule has 2 rings (SSSR count). The van der Waals surface area contributed by atoms with E-state index in [-0.39, 0.29) is 11.3 Å². The summed E-state index contributed by atoms with van der Waals surface area (Å²) >= 11 is 0. The molecule has 0 saturated carbocycles. The van der Waals surface area contributed by atoms with Crippen molar-refractivity contribution in [3.63, 3.8) is 0 Å². The maximum atomic E-state index is 12.2. The summed E-state index contributed by atoms with van der Waals surface area (Å²) in [5, 5.41) is 2.76. The van der Waals surface area contributed by atoms with Gasteiger partial charge in [0.2, 0.25) is 0 Å². The van der Waals surface area contributed by atoms with Gasteiger partial charge in [-0.2, -0.15) is 0 Å². The van der Waals surface area contributed by atoms with Crippen LogP contribution in [0.3, 0.4) is 0 Å². The molecule has 2 aromatic rings. The third-order valence-electron chi connectivity index (χ3n) is 3.54. The average Bonchev–Trinajstić information content (AvgIpc) is 2.46. The van der Waals surface area contributed by atoms with Crippen molar-refractivity contribution in [2.75, 3.05) is 5.32 Å². The standard InChI is InChI=1S/C19H24N2O2/c1-13-7-6-8-17(20-13)21-18(22)14(2)23-16-11-9-15(10-12-16)19(3,4)5/h6-12,14H,1-5H3,(H,20,21,22)/t14-/m1/s1. The summed E-state index contributed by atoms with van der Waals surface area (Å²) in [5.41, 5.74) is 2.18. The first-order chi connectivity index (χ1) is 10.8. The summed E-state index contributed by atoms with van der Waals surface area (Å²) in [4.78, 5) is 16.4. The zero-order chi connectivity index (χ0) is 17.0. The van der Waals surface area contributed by atoms with E-state index in [1.807, 2.05) is 43.3 Å². The second kappa shape index (κ2) is 6.82. The lowest BCUT2D eigenvalue weighted by Gasteiger charge is -2.20. The molecule has 0 aliphatic rings. The number of hydrogen-bond donors (Lipinski definition) is 1. The van der Waals surface area contributed by atoms with Crippen molar-refractivity contribution in [2.24, 2.45) is 0 Å². The van der Waals surface area contributed by atoms with Gasteiger partial charge in [-0.25, -0.2) is 4.98 Å². The minimum atomic E-state index is -0.599. The predicted molar refractivity (Wildman–Crippen MR) is 92.8 cm³/mol. The van der Waals surface area contributed by atoms with Crippen molar-refractivity contribution >= 4 is 11.7 Å². The van der Waals surface area contributed by atoms with E-state index < -0.39 is 6.10 Å². The van der Waals surface area contributed by atoms with E-state index in [1.165, 1.54) is 5.56 Å². The van der Waals surface area contributed by atoms with Crippen LogP contribution in [0.15, 0.2) is 42.5 Å². The number of carbonyl (C=O) groups is 1. The summed E-state index contributed by atoms with van der Waals surface area (Å²) in [6, 6.07) is 13.4. The van der Waals surface area contributed by atoms with Crippen LogP contribution in [0.25, 0.3) is 0 Å². The second-order valence-electron chi connectivity index (χ2n) is 6.69. The number of aryl methyl sites for hydroxylation is 1. The molecule has 0 aliphatic carbocycles. The fourth-order valence-electron chi connectivity index (χ4n) is 2.13. The van der Waals surface area contributed by atoms with E-state index in [2.05, 4.69) is 31.1 Å². The first-order valence-electron chi connectivity index (χ1n) is 7.77. The number of nitrogens with zero attached hydrogens (tertiary/aromatic N) is 1. The van der Waals surface area contributed by atoms with Crippen LogP contribution in [0.1, 0.15) is 39.0 Å². The quantitative estimate of drug-likeness (QED) is 0.925. The van der Waals surface area contributed by atoms with Gasteiger partial charge in [0.25, 0.3) is 5.91 Å². The molecule has 0 saturated heterocycles. The lowest BCUT2D eigenvalue weighted by molar-refractivity contribution is -0.122. The molecule has 1 aromatic heterocycles. The van der Waals surface area contributed by atoms with Gasteiger partial charge in [-0.15, -0.1) is 0 Å². The molecule has 0 bridgehead atoms. The van der Waals surface area contributed by atoms with Gasteiger partial charge in [-0.1, -0.05) is 39.0 Å². The summed E-state index contributed by atoms with van der Waals surface area (Å²) in [7, 11) is 0. The number of ether oxygens (including phenoxy) is 1. The Hall–Kier alpha value is -2.36. The van der Waals surface area contributed by atoms with Crippen LogP contribution in [0.5, 0.6) is 5.75 Å². The zero-order valence-corrected chi connectivity index (χ0v) is 14.4. The number of amides is 1. The van der Waals surface area contributed by atoms with Gasteiger partial charge in [0.05, 0.1) is 0 Å². The predicted octanol–water partition coefficient (Wildman–Crippen LogP) is 4.09. The van der Waals surface area contributed by atoms with Crippen LogP contribution in [0.4, 0.5) is 5.82 Å². The zero-order valence-electron chi connectivity index (χ0n) is 14.4. The molecule has 1 heterocycles. The van der Waals surface area contributed by atoms with Gasteiger partial charge >= 0.3 is 0 Å². The van der Waals surface area contributed by atoms with E-state index in [0.29, 0.717) is 11.6 Å². The summed E-state index contributed by atoms with van der Waals surface area (Å²) < 4.78 is 5.71. The number of pyridine rings is 1. The maximum Gasteiger partial charge on any atom is 0.266 e. The van der Waals surface area contributed by atoms with Crippen LogP contribution < -0.4 is 10.1 Å². The minimum absolute atomic E-state index is 0.0956. The number of nitrogens with one attached hydrogen (secondary N) is 1. The molecular weight excluding hydrogens is 288 g/mol. The topological polar surface area (TPSA) is 51.2 Å². The van der Waals surface area contributed by atoms with Gasteiger partial charge in [0, 0.05) is 5.69 Å². The summed E-state index contributed by atoms with van der Waals surface area (Å²) in [6.07, 6.45) is -0.599. The van der Waals surface area contributed by atoms with E-state index in [1.54, 1.807) is 13.0 Å². The number of hydrogen-bond acceptors (Lipinski definition) is 3. The van der Waals surface area contributed by atoms with Gasteiger partial charge < -0.3 is 10.1 Å². The molecule has 1 atom stereocenters. The van der Waals surface area contributed by atoms with E-state index in [9.17, 15) is 4.79 Å². The Balaban J connectivity index is 1.98. The Bertz CT molecular complexity index is 673. The normalized spacial score (nSPS) is 12.6. The number of anilines is 1. The molecule has 4 nitrogen and oxygen atoms in total. The minimum Gasteiger partial charge on any atom is -0.481 e. The molecule has 0 fully saturated rings. The van der Waals surface area contributed by atoms with E-state index in [0.717, 1.165) is 5.69 Å². The van der Waals surface area contributed by atoms with Gasteiger partial charge in [0.15, 0.2) is 6.10 Å². The molecule has 0 aliphatic heterocycles. The number of aromatic nitrogens is 1. The Morgan fingerprint density at radius 3 is 2.35 bits per heavy atom. The van der Waals surface area contributed by atoms with Gasteiger partial charge in [0.1, 0.15) is 11.6 Å². The molecule has 1 N–H and O–H groups in total. The molecule has 0 unspecified atom stereocenters. The van der Waals surface area contributed by atoms with Crippen LogP contribution >= 0.6 is 0 Å². The van der Waals surface area contributed by atoms with E-state index >= 15 is 0 Å². The molecule has 0 spiro atoms. The van der Waals surface area contributed by atoms with Crippen LogP contribution in [0, 0.1) is 6.92 Å². The van der Waals surface area contributed by atoms with Crippen molar-refractivity contribution in [3.05, 3.63) is 53.7 Å². The monoisotopic (exact) mass is 312 g/mol. The first-order valence-corrected chi connectivity index (χ1v) is 7.77. The lowest BCUT2D eigenvalue weighted by Crippen LogP contribution is -2.30. The molecule has 1 aromatic carbocycles. The Kier molecular flexibility index (Phi) is 5.04. The maximum absolute atomic E-state index is 12.2. The van der Waals surface area contributed by atoms with Gasteiger partial charge in [-0.05, 0) is 49.1 Å². The highest BCUT2D eigenvalue weighted by atomic mass is 16.5. The first kappa shape index (κ1) is 17.0. The number of benzene rings is 1. The van der Waals surface area contributed by atoms with Gasteiger partial charge in [-0.3, -0.25) is 4.79 Å². The Labute approximate surface area is 137 Å². The largest absolute Gasteiger partial charge is 0.481 e. The van der Waals surface area contributed by atoms with Crippen LogP contribution in [-0.2, 0) is 10.2 Å². The Morgan fingerprint density at radius 1 is 1.13 bits per heavy atom. The van der Waals surface area contributed by atoms with E-state index in [4.69, 9.17) is 4.74 Å². The van der Waals surface area contributed by atoms with Crippen LogP contribution in [0.2, 0.25) is 0 Å². The van der Waals surface area contributed by atoms with Crippen LogP contribution in [-0.4, -0.2) is 17.0 Å². The average molecular weight is 312 g/mol. The van der Waals surface area contributed by atoms with Crippen molar-refractivity contribution in [1.82, 2.24) is 4.98 Å². The number of rotatable bonds is 4. The summed E-state index contributed by atoms with van der Waals surface area (Å²) in [5.74, 6) is 0.995. The van der Waals surface area contributed by atoms with Crippen molar-refractivity contribution < 1.29 is 9.53 Å². The molecule has 1 amide bonds. The highest BCUT2D eigenvalue weighted by molar-refractivity contribution is 5.93. The third kappa shape index (κ3) is 4.81. The smallest absolute Gasteiger partial charge is 0.266 e. The third-order valence-corrected chi connectivity index (χ3v) is 3.54. The van der Waals surface area contributed by atoms with Crippen molar-refractivity contribution in [1.29, 1.82) is 0 Å². The molecule has 23 heavy (non-hydrogen) atoms. The molecule has 4 heteroatoms. The highest BCUT2D eigenvalue weighted by Gasteiger charge is 2.17. The Morgan fingerprint density at radius 2 is 1.78 bits per heavy atom. The highest BCUT2D eigenvalue weighted by Crippen LogP contribution is 2.24. The SMILES string of the molecule is Cc1cccc(NC(=O)[C@@H](C)Oc2ccc(C(C)(C)C)cc2)n1. The fourth-order valence-corrected chi connectivity index (χ4v) is 2.13. The van der Waals surface area contributed by atoms with Crippen molar-refractivity contribution in [3.8, 4) is 5.75 Å². The second-order valence-corrected chi connectivity index (χ2v) is 6.69. The fraction of sp³-hybridized carbons (Fsp3) is 0.368. The summed E-state index contributed by atoms with van der Waals surface area (Å²) in [6.45, 7) is 10.1. The number of carbonyl (C=O) groups excluding carboxylic acids is 1.